The molecule has 1 aliphatic rings. The van der Waals surface area contributed by atoms with Crippen molar-refractivity contribution in [3.8, 4) is 0 Å². The number of amides is 2. The van der Waals surface area contributed by atoms with E-state index < -0.39 is 27.7 Å². The van der Waals surface area contributed by atoms with Crippen LogP contribution in [0.4, 0.5) is 15.8 Å². The molecule has 1 heterocycles. The lowest BCUT2D eigenvalue weighted by Gasteiger charge is -2.10. The summed E-state index contributed by atoms with van der Waals surface area (Å²) < 4.78 is 46.3. The number of benzene rings is 2. The average Bonchev–Trinajstić information content (AvgIpc) is 3.45. The fraction of sp³-hybridized carbons (Fsp3) is 0.182. The van der Waals surface area contributed by atoms with Gasteiger partial charge in [0.1, 0.15) is 11.6 Å². The predicted molar refractivity (Wildman–Crippen MR) is 116 cm³/mol. The highest BCUT2D eigenvalue weighted by Gasteiger charge is 2.28. The van der Waals surface area contributed by atoms with Crippen LogP contribution in [-0.2, 0) is 10.0 Å². The van der Waals surface area contributed by atoms with Gasteiger partial charge in [-0.15, -0.1) is 0 Å². The molecule has 1 fully saturated rings. The second-order valence-electron chi connectivity index (χ2n) is 7.41. The topological polar surface area (TPSA) is 118 Å². The zero-order valence-corrected chi connectivity index (χ0v) is 17.8. The van der Waals surface area contributed by atoms with Gasteiger partial charge in [-0.2, -0.15) is 0 Å². The predicted octanol–water partition coefficient (Wildman–Crippen LogP) is 3.67. The third kappa shape index (κ3) is 4.87. The number of sulfonamides is 1. The van der Waals surface area contributed by atoms with Gasteiger partial charge in [0.15, 0.2) is 0 Å². The van der Waals surface area contributed by atoms with Gasteiger partial charge in [-0.05, 0) is 68.3 Å². The van der Waals surface area contributed by atoms with Crippen molar-refractivity contribution in [2.75, 3.05) is 10.6 Å². The third-order valence-corrected chi connectivity index (χ3v) is 6.44. The van der Waals surface area contributed by atoms with Gasteiger partial charge < -0.3 is 15.1 Å². The minimum Gasteiger partial charge on any atom is -0.469 e. The van der Waals surface area contributed by atoms with Crippen LogP contribution in [0.15, 0.2) is 64.1 Å². The molecule has 3 aromatic rings. The SMILES string of the molecule is Cc1occc1C(=O)Nc1cc(NC(=O)c2ccc(S(=O)(=O)NC3CC3)cc2)ccc1F. The number of carbonyl (C=O) groups excluding carboxylic acids is 2. The standard InChI is InChI=1S/C22H20FN3O5S/c1-13-18(10-11-31-13)22(28)25-20-12-16(6-9-19(20)23)24-21(27)14-2-7-17(8-3-14)32(29,30)26-15-4-5-15/h2-3,6-12,15,26H,4-5H2,1H3,(H,24,27)(H,25,28). The van der Waals surface area contributed by atoms with Gasteiger partial charge in [-0.25, -0.2) is 17.5 Å². The number of hydrogen-bond donors (Lipinski definition) is 3. The van der Waals surface area contributed by atoms with Crippen LogP contribution in [-0.4, -0.2) is 26.3 Å². The fourth-order valence-electron chi connectivity index (χ4n) is 2.99. The quantitative estimate of drug-likeness (QED) is 0.500. The highest BCUT2D eigenvalue weighted by Crippen LogP contribution is 2.24. The fourth-order valence-corrected chi connectivity index (χ4v) is 4.29. The van der Waals surface area contributed by atoms with Crippen LogP contribution in [0.3, 0.4) is 0 Å². The van der Waals surface area contributed by atoms with Crippen LogP contribution in [0.25, 0.3) is 0 Å². The molecular formula is C22H20FN3O5S. The van der Waals surface area contributed by atoms with E-state index in [0.29, 0.717) is 5.76 Å². The van der Waals surface area contributed by atoms with Crippen molar-refractivity contribution in [2.45, 2.75) is 30.7 Å². The zero-order chi connectivity index (χ0) is 22.9. The summed E-state index contributed by atoms with van der Waals surface area (Å²) in [5.74, 6) is -1.34. The van der Waals surface area contributed by atoms with Crippen LogP contribution in [0.1, 0.15) is 39.3 Å². The Hall–Kier alpha value is -3.50. The monoisotopic (exact) mass is 457 g/mol. The lowest BCUT2D eigenvalue weighted by molar-refractivity contribution is 0.101. The highest BCUT2D eigenvalue weighted by molar-refractivity contribution is 7.89. The molecule has 8 nitrogen and oxygen atoms in total. The molecule has 1 aliphatic carbocycles. The van der Waals surface area contributed by atoms with E-state index >= 15 is 0 Å². The first-order valence-electron chi connectivity index (χ1n) is 9.82. The molecule has 3 N–H and O–H groups in total. The Morgan fingerprint density at radius 1 is 1.00 bits per heavy atom. The van der Waals surface area contributed by atoms with Crippen LogP contribution in [0, 0.1) is 12.7 Å². The van der Waals surface area contributed by atoms with Crippen LogP contribution < -0.4 is 15.4 Å². The minimum atomic E-state index is -3.61. The van der Waals surface area contributed by atoms with Crippen LogP contribution in [0.5, 0.6) is 0 Å². The van der Waals surface area contributed by atoms with Crippen molar-refractivity contribution in [3.63, 3.8) is 0 Å². The maximum absolute atomic E-state index is 14.2. The maximum atomic E-state index is 14.2. The normalized spacial score (nSPS) is 13.6. The first-order chi connectivity index (χ1) is 15.2. The molecule has 1 saturated carbocycles. The summed E-state index contributed by atoms with van der Waals surface area (Å²) in [7, 11) is -3.61. The highest BCUT2D eigenvalue weighted by atomic mass is 32.2. The Balaban J connectivity index is 1.45. The molecule has 0 unspecified atom stereocenters. The van der Waals surface area contributed by atoms with Gasteiger partial charge in [0.2, 0.25) is 10.0 Å². The summed E-state index contributed by atoms with van der Waals surface area (Å²) in [6, 6.07) is 10.7. The number of anilines is 2. The summed E-state index contributed by atoms with van der Waals surface area (Å²) in [5, 5.41) is 5.06. The summed E-state index contributed by atoms with van der Waals surface area (Å²) in [5.41, 5.74) is 0.632. The van der Waals surface area contributed by atoms with Crippen LogP contribution >= 0.6 is 0 Å². The average molecular weight is 457 g/mol. The van der Waals surface area contributed by atoms with Crippen LogP contribution in [0.2, 0.25) is 0 Å². The number of halogens is 1. The van der Waals surface area contributed by atoms with E-state index in [4.69, 9.17) is 4.42 Å². The first-order valence-corrected chi connectivity index (χ1v) is 11.3. The van der Waals surface area contributed by atoms with E-state index in [-0.39, 0.29) is 33.4 Å². The summed E-state index contributed by atoms with van der Waals surface area (Å²) in [4.78, 5) is 24.9. The molecule has 10 heteroatoms. The van der Waals surface area contributed by atoms with E-state index in [9.17, 15) is 22.4 Å². The number of aryl methyl sites for hydroxylation is 1. The molecular weight excluding hydrogens is 437 g/mol. The number of furan rings is 1. The van der Waals surface area contributed by atoms with Gasteiger partial charge in [0.25, 0.3) is 11.8 Å². The molecule has 0 bridgehead atoms. The molecule has 0 spiro atoms. The van der Waals surface area contributed by atoms with Gasteiger partial charge >= 0.3 is 0 Å². The van der Waals surface area contributed by atoms with Gasteiger partial charge in [-0.1, -0.05) is 0 Å². The Bertz CT molecular complexity index is 1280. The van der Waals surface area contributed by atoms with Crippen molar-refractivity contribution >= 4 is 33.2 Å². The summed E-state index contributed by atoms with van der Waals surface area (Å²) in [6.07, 6.45) is 3.00. The first kappa shape index (κ1) is 21.7. The minimum absolute atomic E-state index is 0.0199. The number of carbonyl (C=O) groups is 2. The van der Waals surface area contributed by atoms with Crippen molar-refractivity contribution < 1.29 is 26.8 Å². The van der Waals surface area contributed by atoms with Gasteiger partial charge in [-0.3, -0.25) is 9.59 Å². The Kier molecular flexibility index (Phi) is 5.81. The van der Waals surface area contributed by atoms with E-state index in [1.165, 1.54) is 48.7 Å². The smallest absolute Gasteiger partial charge is 0.259 e. The summed E-state index contributed by atoms with van der Waals surface area (Å²) in [6.45, 7) is 1.61. The van der Waals surface area contributed by atoms with Gasteiger partial charge in [0.05, 0.1) is 22.4 Å². The Morgan fingerprint density at radius 3 is 2.34 bits per heavy atom. The zero-order valence-electron chi connectivity index (χ0n) is 17.0. The molecule has 0 atom stereocenters. The molecule has 2 aromatic carbocycles. The van der Waals surface area contributed by atoms with Crippen molar-refractivity contribution in [3.05, 3.63) is 77.5 Å². The molecule has 0 radical (unpaired) electrons. The Morgan fingerprint density at radius 2 is 1.72 bits per heavy atom. The number of hydrogen-bond acceptors (Lipinski definition) is 5. The Labute approximate surface area is 183 Å². The molecule has 166 valence electrons. The van der Waals surface area contributed by atoms with E-state index in [0.717, 1.165) is 18.9 Å². The van der Waals surface area contributed by atoms with Crippen molar-refractivity contribution in [1.82, 2.24) is 4.72 Å². The molecule has 0 saturated heterocycles. The molecule has 1 aromatic heterocycles. The second kappa shape index (κ2) is 8.56. The second-order valence-corrected chi connectivity index (χ2v) is 9.13. The maximum Gasteiger partial charge on any atom is 0.259 e. The van der Waals surface area contributed by atoms with Crippen molar-refractivity contribution in [1.29, 1.82) is 0 Å². The van der Waals surface area contributed by atoms with E-state index in [2.05, 4.69) is 15.4 Å². The lowest BCUT2D eigenvalue weighted by atomic mass is 10.2. The number of rotatable bonds is 7. The number of nitrogens with one attached hydrogen (secondary N) is 3. The summed E-state index contributed by atoms with van der Waals surface area (Å²) >= 11 is 0. The molecule has 0 aliphatic heterocycles. The van der Waals surface area contributed by atoms with E-state index in [1.807, 2.05) is 0 Å². The molecule has 4 rings (SSSR count). The third-order valence-electron chi connectivity index (χ3n) is 4.90. The van der Waals surface area contributed by atoms with E-state index in [1.54, 1.807) is 6.92 Å². The molecule has 2 amide bonds. The largest absolute Gasteiger partial charge is 0.469 e. The lowest BCUT2D eigenvalue weighted by Crippen LogP contribution is -2.25. The van der Waals surface area contributed by atoms with Gasteiger partial charge in [0, 0.05) is 17.3 Å². The van der Waals surface area contributed by atoms with Crippen molar-refractivity contribution in [2.24, 2.45) is 0 Å². The molecule has 32 heavy (non-hydrogen) atoms.